The van der Waals surface area contributed by atoms with E-state index in [1.54, 1.807) is 0 Å². The Balaban J connectivity index is 0.00000225. The molecule has 2 bridgehead atoms. The minimum absolute atomic E-state index is 0. The van der Waals surface area contributed by atoms with Crippen LogP contribution in [0.5, 0.6) is 0 Å². The summed E-state index contributed by atoms with van der Waals surface area (Å²) in [5, 5.41) is 3.27. The molecule has 3 N–H and O–H groups in total. The third kappa shape index (κ3) is 5.11. The zero-order chi connectivity index (χ0) is 17.0. The number of carbonyl (C=O) groups excluding carboxylic acids is 1. The highest BCUT2D eigenvalue weighted by Gasteiger charge is 2.41. The van der Waals surface area contributed by atoms with E-state index in [1.165, 1.54) is 38.5 Å². The van der Waals surface area contributed by atoms with Gasteiger partial charge in [0.25, 0.3) is 0 Å². The van der Waals surface area contributed by atoms with Crippen LogP contribution < -0.4 is 11.1 Å². The van der Waals surface area contributed by atoms with Crippen LogP contribution in [0.3, 0.4) is 0 Å². The SMILES string of the molecule is CCCOC1(CNC(=O)C2CC3CCCC(C2)C3N)CCCCC1.Cl. The average molecular weight is 373 g/mol. The first-order valence-corrected chi connectivity index (χ1v) is 10.3. The van der Waals surface area contributed by atoms with Crippen LogP contribution in [0, 0.1) is 17.8 Å². The molecule has 3 fully saturated rings. The lowest BCUT2D eigenvalue weighted by molar-refractivity contribution is -0.131. The monoisotopic (exact) mass is 372 g/mol. The molecule has 0 saturated heterocycles. The van der Waals surface area contributed by atoms with Crippen molar-refractivity contribution in [3.63, 3.8) is 0 Å². The van der Waals surface area contributed by atoms with Crippen LogP contribution >= 0.6 is 12.4 Å². The predicted octanol–water partition coefficient (Wildman–Crippen LogP) is 3.81. The van der Waals surface area contributed by atoms with Gasteiger partial charge in [-0.2, -0.15) is 0 Å². The predicted molar refractivity (Wildman–Crippen MR) is 104 cm³/mol. The van der Waals surface area contributed by atoms with Crippen molar-refractivity contribution in [1.29, 1.82) is 0 Å². The van der Waals surface area contributed by atoms with Crippen molar-refractivity contribution in [1.82, 2.24) is 5.32 Å². The molecular formula is C20H37ClN2O2. The molecule has 25 heavy (non-hydrogen) atoms. The molecule has 1 amide bonds. The molecule has 2 atom stereocenters. The number of carbonyl (C=O) groups is 1. The van der Waals surface area contributed by atoms with Gasteiger partial charge in [-0.1, -0.05) is 32.6 Å². The molecule has 0 heterocycles. The number of rotatable bonds is 6. The average Bonchev–Trinajstić information content (AvgIpc) is 2.59. The van der Waals surface area contributed by atoms with Gasteiger partial charge < -0.3 is 15.8 Å². The van der Waals surface area contributed by atoms with Crippen LogP contribution in [-0.4, -0.2) is 30.7 Å². The Morgan fingerprint density at radius 3 is 2.36 bits per heavy atom. The van der Waals surface area contributed by atoms with Gasteiger partial charge in [-0.15, -0.1) is 12.4 Å². The quantitative estimate of drug-likeness (QED) is 0.745. The van der Waals surface area contributed by atoms with E-state index in [4.69, 9.17) is 10.5 Å². The van der Waals surface area contributed by atoms with E-state index in [1.807, 2.05) is 0 Å². The Labute approximate surface area is 159 Å². The van der Waals surface area contributed by atoms with Gasteiger partial charge in [-0.25, -0.2) is 0 Å². The zero-order valence-electron chi connectivity index (χ0n) is 15.8. The smallest absolute Gasteiger partial charge is 0.223 e. The first-order chi connectivity index (χ1) is 11.6. The highest BCUT2D eigenvalue weighted by Crippen LogP contribution is 2.42. The Morgan fingerprint density at radius 2 is 1.76 bits per heavy atom. The highest BCUT2D eigenvalue weighted by molar-refractivity contribution is 5.85. The fraction of sp³-hybridized carbons (Fsp3) is 0.950. The van der Waals surface area contributed by atoms with Crippen LogP contribution in [0.2, 0.25) is 0 Å². The van der Waals surface area contributed by atoms with Gasteiger partial charge in [-0.05, 0) is 56.8 Å². The summed E-state index contributed by atoms with van der Waals surface area (Å²) in [5.41, 5.74) is 6.26. The maximum Gasteiger partial charge on any atom is 0.223 e. The molecule has 0 aromatic carbocycles. The topological polar surface area (TPSA) is 64.3 Å². The van der Waals surface area contributed by atoms with E-state index in [-0.39, 0.29) is 29.8 Å². The van der Waals surface area contributed by atoms with E-state index < -0.39 is 0 Å². The number of ether oxygens (including phenoxy) is 1. The van der Waals surface area contributed by atoms with Crippen LogP contribution in [0.1, 0.15) is 77.6 Å². The molecule has 2 unspecified atom stereocenters. The summed E-state index contributed by atoms with van der Waals surface area (Å²) >= 11 is 0. The third-order valence-electron chi connectivity index (χ3n) is 6.75. The second kappa shape index (κ2) is 9.57. The maximum absolute atomic E-state index is 12.8. The van der Waals surface area contributed by atoms with Gasteiger partial charge in [0.15, 0.2) is 0 Å². The molecule has 0 radical (unpaired) electrons. The van der Waals surface area contributed by atoms with Crippen LogP contribution in [-0.2, 0) is 9.53 Å². The first-order valence-electron chi connectivity index (χ1n) is 10.3. The largest absolute Gasteiger partial charge is 0.373 e. The maximum atomic E-state index is 12.8. The van der Waals surface area contributed by atoms with Crippen LogP contribution in [0.4, 0.5) is 0 Å². The van der Waals surface area contributed by atoms with Crippen LogP contribution in [0.25, 0.3) is 0 Å². The fourth-order valence-electron chi connectivity index (χ4n) is 5.28. The summed E-state index contributed by atoms with van der Waals surface area (Å²) in [6.45, 7) is 3.65. The van der Waals surface area contributed by atoms with Gasteiger partial charge in [0, 0.05) is 25.1 Å². The van der Waals surface area contributed by atoms with E-state index in [9.17, 15) is 4.79 Å². The van der Waals surface area contributed by atoms with Crippen molar-refractivity contribution < 1.29 is 9.53 Å². The van der Waals surface area contributed by atoms with Crippen molar-refractivity contribution in [3.05, 3.63) is 0 Å². The molecule has 3 saturated carbocycles. The zero-order valence-corrected chi connectivity index (χ0v) is 16.6. The number of hydrogen-bond donors (Lipinski definition) is 2. The molecular weight excluding hydrogens is 336 g/mol. The third-order valence-corrected chi connectivity index (χ3v) is 6.75. The Bertz CT molecular complexity index is 412. The standard InChI is InChI=1S/C20H36N2O2.ClH/c1-2-11-24-20(9-4-3-5-10-20)14-22-19(23)17-12-15-7-6-8-16(13-17)18(15)21;/h15-18H,2-14,21H2,1H3,(H,22,23);1H. The summed E-state index contributed by atoms with van der Waals surface area (Å²) in [7, 11) is 0. The Hall–Kier alpha value is -0.320. The molecule has 4 nitrogen and oxygen atoms in total. The molecule has 0 aromatic rings. The summed E-state index contributed by atoms with van der Waals surface area (Å²) in [5.74, 6) is 1.55. The molecule has 0 aliphatic heterocycles. The lowest BCUT2D eigenvalue weighted by Crippen LogP contribution is -2.51. The molecule has 146 valence electrons. The molecule has 0 spiro atoms. The van der Waals surface area contributed by atoms with Crippen molar-refractivity contribution in [3.8, 4) is 0 Å². The number of hydrogen-bond acceptors (Lipinski definition) is 3. The lowest BCUT2D eigenvalue weighted by atomic mass is 9.65. The highest BCUT2D eigenvalue weighted by atomic mass is 35.5. The molecule has 5 heteroatoms. The normalized spacial score (nSPS) is 34.0. The van der Waals surface area contributed by atoms with E-state index in [0.717, 1.165) is 38.7 Å². The minimum atomic E-state index is -0.106. The summed E-state index contributed by atoms with van der Waals surface area (Å²) in [4.78, 5) is 12.8. The van der Waals surface area contributed by atoms with E-state index >= 15 is 0 Å². The van der Waals surface area contributed by atoms with E-state index in [0.29, 0.717) is 24.4 Å². The molecule has 0 aromatic heterocycles. The van der Waals surface area contributed by atoms with Crippen LogP contribution in [0.15, 0.2) is 0 Å². The Kier molecular flexibility index (Phi) is 8.03. The number of amides is 1. The second-order valence-corrected chi connectivity index (χ2v) is 8.51. The number of halogens is 1. The fourth-order valence-corrected chi connectivity index (χ4v) is 5.28. The summed E-state index contributed by atoms with van der Waals surface area (Å²) in [6.07, 6.45) is 12.7. The second-order valence-electron chi connectivity index (χ2n) is 8.51. The molecule has 3 rings (SSSR count). The Morgan fingerprint density at radius 1 is 1.12 bits per heavy atom. The first kappa shape index (κ1) is 21.0. The summed E-state index contributed by atoms with van der Waals surface area (Å²) in [6, 6.07) is 0.334. The number of fused-ring (bicyclic) bond motifs is 2. The minimum Gasteiger partial charge on any atom is -0.373 e. The van der Waals surface area contributed by atoms with Gasteiger partial charge in [-0.3, -0.25) is 4.79 Å². The van der Waals surface area contributed by atoms with Gasteiger partial charge in [0.1, 0.15) is 0 Å². The lowest BCUT2D eigenvalue weighted by Gasteiger charge is -2.44. The molecule has 3 aliphatic carbocycles. The van der Waals surface area contributed by atoms with Crippen molar-refractivity contribution >= 4 is 18.3 Å². The van der Waals surface area contributed by atoms with Gasteiger partial charge in [0.05, 0.1) is 5.60 Å². The van der Waals surface area contributed by atoms with E-state index in [2.05, 4.69) is 12.2 Å². The summed E-state index contributed by atoms with van der Waals surface area (Å²) < 4.78 is 6.21. The van der Waals surface area contributed by atoms with Crippen molar-refractivity contribution in [2.45, 2.75) is 89.2 Å². The number of nitrogens with two attached hydrogens (primary N) is 1. The van der Waals surface area contributed by atoms with Crippen molar-refractivity contribution in [2.24, 2.45) is 23.5 Å². The van der Waals surface area contributed by atoms with Gasteiger partial charge >= 0.3 is 0 Å². The van der Waals surface area contributed by atoms with Crippen molar-refractivity contribution in [2.75, 3.05) is 13.2 Å². The van der Waals surface area contributed by atoms with Gasteiger partial charge in [0.2, 0.25) is 5.91 Å². The molecule has 3 aliphatic rings. The number of nitrogens with one attached hydrogen (secondary N) is 1.